The normalized spacial score (nSPS) is 11.6. The number of nitrogens with one attached hydrogen (secondary N) is 2. The highest BCUT2D eigenvalue weighted by molar-refractivity contribution is 7.90. The maximum Gasteiger partial charge on any atom is 0.297 e. The maximum absolute atomic E-state index is 13.0. The van der Waals surface area contributed by atoms with Crippen LogP contribution in [0.5, 0.6) is 0 Å². The molecule has 2 N–H and O–H groups in total. The van der Waals surface area contributed by atoms with Gasteiger partial charge in [-0.05, 0) is 24.3 Å². The average molecular weight is 437 g/mol. The highest BCUT2D eigenvalue weighted by Crippen LogP contribution is 2.28. The lowest BCUT2D eigenvalue weighted by atomic mass is 10.2. The minimum atomic E-state index is -3.59. The zero-order valence-corrected chi connectivity index (χ0v) is 16.5. The van der Waals surface area contributed by atoms with Crippen molar-refractivity contribution in [3.63, 3.8) is 0 Å². The molecular weight excluding hydrogens is 420 g/mol. The van der Waals surface area contributed by atoms with Gasteiger partial charge in [0.25, 0.3) is 12.1 Å². The Balaban J connectivity index is 1.75. The second-order valence-corrected chi connectivity index (χ2v) is 8.33. The van der Waals surface area contributed by atoms with Crippen LogP contribution >= 0.6 is 0 Å². The van der Waals surface area contributed by atoms with E-state index >= 15 is 0 Å². The fourth-order valence-electron chi connectivity index (χ4n) is 2.75. The van der Waals surface area contributed by atoms with Crippen LogP contribution in [0.4, 0.5) is 26.0 Å². The van der Waals surface area contributed by atoms with Gasteiger partial charge in [0.2, 0.25) is 0 Å². The molecule has 30 heavy (non-hydrogen) atoms. The molecule has 0 aliphatic rings. The summed E-state index contributed by atoms with van der Waals surface area (Å²) >= 11 is 0. The second kappa shape index (κ2) is 8.53. The van der Waals surface area contributed by atoms with Gasteiger partial charge in [0, 0.05) is 30.8 Å². The number of hydrogen-bond acceptors (Lipinski definition) is 8. The quantitative estimate of drug-likeness (QED) is 0.312. The van der Waals surface area contributed by atoms with Crippen LogP contribution in [0, 0.1) is 10.1 Å². The van der Waals surface area contributed by atoms with Crippen molar-refractivity contribution in [2.24, 2.45) is 0 Å². The van der Waals surface area contributed by atoms with E-state index in [0.717, 1.165) is 12.3 Å². The molecule has 9 nitrogen and oxygen atoms in total. The molecule has 0 spiro atoms. The molecule has 3 aromatic rings. The van der Waals surface area contributed by atoms with Crippen molar-refractivity contribution < 1.29 is 22.1 Å². The van der Waals surface area contributed by atoms with Crippen molar-refractivity contribution in [1.29, 1.82) is 0 Å². The van der Waals surface area contributed by atoms with E-state index in [9.17, 15) is 27.3 Å². The molecule has 1 heterocycles. The van der Waals surface area contributed by atoms with Crippen LogP contribution in [0.25, 0.3) is 10.9 Å². The van der Waals surface area contributed by atoms with Gasteiger partial charge in [-0.3, -0.25) is 10.1 Å². The Bertz CT molecular complexity index is 1200. The summed E-state index contributed by atoms with van der Waals surface area (Å²) in [6.45, 7) is 0.385. The van der Waals surface area contributed by atoms with Crippen LogP contribution in [0.1, 0.15) is 12.2 Å². The predicted octanol–water partition coefficient (Wildman–Crippen LogP) is 3.40. The highest BCUT2D eigenvalue weighted by atomic mass is 32.2. The van der Waals surface area contributed by atoms with Crippen molar-refractivity contribution in [3.05, 3.63) is 58.4 Å². The summed E-state index contributed by atoms with van der Waals surface area (Å²) in [6, 6.07) is 10.2. The van der Waals surface area contributed by atoms with Crippen molar-refractivity contribution in [1.82, 2.24) is 9.97 Å². The van der Waals surface area contributed by atoms with Crippen molar-refractivity contribution in [2.75, 3.05) is 30.0 Å². The molecule has 2 aromatic carbocycles. The Morgan fingerprint density at radius 2 is 1.80 bits per heavy atom. The molecule has 158 valence electrons. The molecule has 0 aliphatic carbocycles. The first kappa shape index (κ1) is 21.3. The summed E-state index contributed by atoms with van der Waals surface area (Å²) in [5, 5.41) is 17.6. The molecule has 0 radical (unpaired) electrons. The van der Waals surface area contributed by atoms with E-state index < -0.39 is 27.0 Å². The zero-order chi connectivity index (χ0) is 21.9. The third-order valence-corrected chi connectivity index (χ3v) is 5.25. The largest absolute Gasteiger partial charge is 0.378 e. The molecule has 0 bridgehead atoms. The van der Waals surface area contributed by atoms with Gasteiger partial charge in [0.1, 0.15) is 11.5 Å². The van der Waals surface area contributed by atoms with Crippen molar-refractivity contribution in [2.45, 2.75) is 11.3 Å². The number of anilines is 2. The number of benzene rings is 2. The molecule has 0 saturated carbocycles. The molecule has 0 saturated heterocycles. The summed E-state index contributed by atoms with van der Waals surface area (Å²) in [5.41, 5.74) is 0.116. The van der Waals surface area contributed by atoms with Crippen molar-refractivity contribution >= 4 is 37.9 Å². The van der Waals surface area contributed by atoms with E-state index in [1.807, 2.05) is 0 Å². The number of aromatic nitrogens is 2. The number of alkyl halides is 2. The number of fused-ring (bicyclic) bond motifs is 1. The summed E-state index contributed by atoms with van der Waals surface area (Å²) in [4.78, 5) is 18.1. The van der Waals surface area contributed by atoms with Gasteiger partial charge in [0.15, 0.2) is 15.7 Å². The van der Waals surface area contributed by atoms with E-state index in [4.69, 9.17) is 0 Å². The summed E-state index contributed by atoms with van der Waals surface area (Å²) < 4.78 is 49.3. The van der Waals surface area contributed by atoms with Crippen LogP contribution in [-0.4, -0.2) is 42.7 Å². The van der Waals surface area contributed by atoms with Crippen LogP contribution in [0.3, 0.4) is 0 Å². The third kappa shape index (κ3) is 4.76. The third-order valence-electron chi connectivity index (χ3n) is 4.14. The Morgan fingerprint density at radius 3 is 2.47 bits per heavy atom. The number of para-hydroxylation sites is 1. The predicted molar refractivity (Wildman–Crippen MR) is 108 cm³/mol. The van der Waals surface area contributed by atoms with Crippen LogP contribution < -0.4 is 10.6 Å². The Labute approximate surface area is 170 Å². The summed E-state index contributed by atoms with van der Waals surface area (Å²) in [7, 11) is -3.59. The van der Waals surface area contributed by atoms with Gasteiger partial charge >= 0.3 is 0 Å². The van der Waals surface area contributed by atoms with E-state index in [2.05, 4.69) is 20.6 Å². The lowest BCUT2D eigenvalue weighted by Gasteiger charge is -2.12. The summed E-state index contributed by atoms with van der Waals surface area (Å²) in [6.07, 6.45) is -1.87. The summed E-state index contributed by atoms with van der Waals surface area (Å²) in [5.74, 6) is -0.379. The van der Waals surface area contributed by atoms with Gasteiger partial charge in [-0.1, -0.05) is 12.1 Å². The number of rotatable bonds is 8. The van der Waals surface area contributed by atoms with Gasteiger partial charge in [-0.15, -0.1) is 0 Å². The minimum Gasteiger partial charge on any atom is -0.378 e. The van der Waals surface area contributed by atoms with Crippen LogP contribution in [-0.2, 0) is 9.84 Å². The zero-order valence-electron chi connectivity index (χ0n) is 15.7. The number of nitro groups is 1. The lowest BCUT2D eigenvalue weighted by molar-refractivity contribution is -0.384. The first-order chi connectivity index (χ1) is 14.2. The second-order valence-electron chi connectivity index (χ2n) is 6.31. The maximum atomic E-state index is 13.0. The fraction of sp³-hybridized carbons (Fsp3) is 0.222. The first-order valence-corrected chi connectivity index (χ1v) is 10.6. The molecule has 0 unspecified atom stereocenters. The molecule has 0 atom stereocenters. The lowest BCUT2D eigenvalue weighted by Crippen LogP contribution is -2.16. The number of sulfone groups is 1. The Kier molecular flexibility index (Phi) is 6.06. The topological polar surface area (TPSA) is 127 Å². The highest BCUT2D eigenvalue weighted by Gasteiger charge is 2.19. The molecule has 12 heteroatoms. The Morgan fingerprint density at radius 1 is 1.10 bits per heavy atom. The van der Waals surface area contributed by atoms with Crippen LogP contribution in [0.15, 0.2) is 47.4 Å². The monoisotopic (exact) mass is 437 g/mol. The van der Waals surface area contributed by atoms with Crippen molar-refractivity contribution in [3.8, 4) is 0 Å². The smallest absolute Gasteiger partial charge is 0.297 e. The standard InChI is InChI=1S/C18H17F2N5O4S/c1-30(28,29)11-6-7-14(15(10-11)25(26)27)21-8-9-22-17-12-4-2-3-5-13(12)23-18(24-17)16(19)20/h2-7,10,16,21H,8-9H2,1H3,(H,22,23,24). The SMILES string of the molecule is CS(=O)(=O)c1ccc(NCCNc2nc(C(F)F)nc3ccccc23)c([N+](=O)[O-])c1. The number of nitro benzene ring substituents is 1. The van der Waals surface area contributed by atoms with Gasteiger partial charge in [-0.25, -0.2) is 27.2 Å². The van der Waals surface area contributed by atoms with Gasteiger partial charge in [0.05, 0.1) is 15.3 Å². The average Bonchev–Trinajstić information content (AvgIpc) is 2.70. The van der Waals surface area contributed by atoms with E-state index in [0.29, 0.717) is 10.9 Å². The molecule has 3 rings (SSSR count). The Hall–Kier alpha value is -3.41. The minimum absolute atomic E-state index is 0.134. The van der Waals surface area contributed by atoms with Gasteiger partial charge < -0.3 is 10.6 Å². The molecule has 0 aliphatic heterocycles. The van der Waals surface area contributed by atoms with E-state index in [-0.39, 0.29) is 35.2 Å². The number of halogens is 2. The number of hydrogen-bond donors (Lipinski definition) is 2. The molecule has 0 amide bonds. The molecule has 1 aromatic heterocycles. The number of nitrogens with zero attached hydrogens (tertiary/aromatic N) is 3. The van der Waals surface area contributed by atoms with E-state index in [1.165, 1.54) is 12.1 Å². The van der Waals surface area contributed by atoms with E-state index in [1.54, 1.807) is 24.3 Å². The first-order valence-electron chi connectivity index (χ1n) is 8.68. The molecular formula is C18H17F2N5O4S. The van der Waals surface area contributed by atoms with Gasteiger partial charge in [-0.2, -0.15) is 0 Å². The fourth-order valence-corrected chi connectivity index (χ4v) is 3.39. The molecule has 0 fully saturated rings. The van der Waals surface area contributed by atoms with Crippen LogP contribution in [0.2, 0.25) is 0 Å².